The molecule has 1 aromatic carbocycles. The first-order valence-corrected chi connectivity index (χ1v) is 6.99. The van der Waals surface area contributed by atoms with E-state index in [0.717, 1.165) is 18.4 Å². The Kier molecular flexibility index (Phi) is 3.70. The lowest BCUT2D eigenvalue weighted by molar-refractivity contribution is -0.385. The molecule has 1 aliphatic carbocycles. The SMILES string of the molecule is Cc1nn(C2CC(OCc3ccccc3)C2)cc1[N+](=O)[O-]. The van der Waals surface area contributed by atoms with Crippen LogP contribution in [0.15, 0.2) is 36.5 Å². The number of benzene rings is 1. The Bertz CT molecular complexity index is 633. The fraction of sp³-hybridized carbons (Fsp3) is 0.400. The van der Waals surface area contributed by atoms with Crippen LogP contribution in [-0.4, -0.2) is 20.8 Å². The fourth-order valence-electron chi connectivity index (χ4n) is 2.52. The topological polar surface area (TPSA) is 70.2 Å². The van der Waals surface area contributed by atoms with E-state index in [-0.39, 0.29) is 22.8 Å². The second-order valence-corrected chi connectivity index (χ2v) is 5.38. The largest absolute Gasteiger partial charge is 0.373 e. The molecule has 1 heterocycles. The van der Waals surface area contributed by atoms with E-state index in [1.807, 2.05) is 30.3 Å². The minimum Gasteiger partial charge on any atom is -0.373 e. The summed E-state index contributed by atoms with van der Waals surface area (Å²) >= 11 is 0. The Labute approximate surface area is 122 Å². The molecule has 3 rings (SSSR count). The molecule has 0 atom stereocenters. The van der Waals surface area contributed by atoms with Gasteiger partial charge in [0.2, 0.25) is 0 Å². The first-order valence-electron chi connectivity index (χ1n) is 6.99. The van der Waals surface area contributed by atoms with Gasteiger partial charge < -0.3 is 4.74 Å². The number of aryl methyl sites for hydroxylation is 1. The molecule has 0 radical (unpaired) electrons. The molecule has 110 valence electrons. The van der Waals surface area contributed by atoms with Gasteiger partial charge in [0.25, 0.3) is 0 Å². The third-order valence-corrected chi connectivity index (χ3v) is 3.86. The van der Waals surface area contributed by atoms with Gasteiger partial charge in [0, 0.05) is 0 Å². The second-order valence-electron chi connectivity index (χ2n) is 5.38. The quantitative estimate of drug-likeness (QED) is 0.626. The van der Waals surface area contributed by atoms with Crippen LogP contribution in [0.5, 0.6) is 0 Å². The molecule has 6 heteroatoms. The summed E-state index contributed by atoms with van der Waals surface area (Å²) in [7, 11) is 0. The van der Waals surface area contributed by atoms with Crippen molar-refractivity contribution in [2.24, 2.45) is 0 Å². The van der Waals surface area contributed by atoms with E-state index in [9.17, 15) is 10.1 Å². The van der Waals surface area contributed by atoms with E-state index >= 15 is 0 Å². The van der Waals surface area contributed by atoms with Crippen molar-refractivity contribution in [3.05, 3.63) is 57.9 Å². The summed E-state index contributed by atoms with van der Waals surface area (Å²) in [6.07, 6.45) is 3.43. The second kappa shape index (κ2) is 5.65. The predicted molar refractivity (Wildman–Crippen MR) is 76.9 cm³/mol. The third-order valence-electron chi connectivity index (χ3n) is 3.86. The van der Waals surface area contributed by atoms with E-state index in [1.165, 1.54) is 6.20 Å². The van der Waals surface area contributed by atoms with Crippen LogP contribution in [0.4, 0.5) is 5.69 Å². The summed E-state index contributed by atoms with van der Waals surface area (Å²) < 4.78 is 7.53. The molecule has 2 aromatic rings. The fourth-order valence-corrected chi connectivity index (χ4v) is 2.52. The van der Waals surface area contributed by atoms with Crippen LogP contribution in [0, 0.1) is 17.0 Å². The number of hydrogen-bond acceptors (Lipinski definition) is 4. The summed E-state index contributed by atoms with van der Waals surface area (Å²) in [6, 6.07) is 10.3. The molecule has 0 saturated heterocycles. The molecule has 6 nitrogen and oxygen atoms in total. The van der Waals surface area contributed by atoms with Crippen LogP contribution in [0.3, 0.4) is 0 Å². The highest BCUT2D eigenvalue weighted by Gasteiger charge is 2.33. The van der Waals surface area contributed by atoms with Crippen LogP contribution in [0.25, 0.3) is 0 Å². The van der Waals surface area contributed by atoms with Crippen molar-refractivity contribution in [1.82, 2.24) is 9.78 Å². The Morgan fingerprint density at radius 3 is 2.71 bits per heavy atom. The molecule has 1 fully saturated rings. The normalized spacial score (nSPS) is 21.0. The Morgan fingerprint density at radius 1 is 1.38 bits per heavy atom. The average molecular weight is 287 g/mol. The van der Waals surface area contributed by atoms with Crippen LogP contribution in [0.1, 0.15) is 30.1 Å². The van der Waals surface area contributed by atoms with Gasteiger partial charge in [-0.1, -0.05) is 30.3 Å². The van der Waals surface area contributed by atoms with E-state index < -0.39 is 0 Å². The van der Waals surface area contributed by atoms with Gasteiger partial charge in [-0.05, 0) is 25.3 Å². The van der Waals surface area contributed by atoms with Gasteiger partial charge in [0.05, 0.1) is 23.7 Å². The van der Waals surface area contributed by atoms with Gasteiger partial charge in [0.1, 0.15) is 11.9 Å². The molecule has 0 N–H and O–H groups in total. The molecule has 0 aliphatic heterocycles. The number of nitrogens with zero attached hydrogens (tertiary/aromatic N) is 3. The van der Waals surface area contributed by atoms with Crippen molar-refractivity contribution in [3.63, 3.8) is 0 Å². The molecule has 21 heavy (non-hydrogen) atoms. The molecular weight excluding hydrogens is 270 g/mol. The van der Waals surface area contributed by atoms with Crippen LogP contribution >= 0.6 is 0 Å². The van der Waals surface area contributed by atoms with Gasteiger partial charge in [0.15, 0.2) is 0 Å². The highest BCUT2D eigenvalue weighted by molar-refractivity contribution is 5.31. The van der Waals surface area contributed by atoms with Crippen LogP contribution < -0.4 is 0 Å². The summed E-state index contributed by atoms with van der Waals surface area (Å²) in [5.74, 6) is 0. The minimum atomic E-state index is -0.388. The first kappa shape index (κ1) is 13.8. The Balaban J connectivity index is 1.51. The van der Waals surface area contributed by atoms with E-state index in [2.05, 4.69) is 5.10 Å². The summed E-state index contributed by atoms with van der Waals surface area (Å²) in [5.41, 5.74) is 1.71. The molecule has 1 aliphatic rings. The number of rotatable bonds is 5. The van der Waals surface area contributed by atoms with E-state index in [0.29, 0.717) is 12.3 Å². The van der Waals surface area contributed by atoms with Gasteiger partial charge in [-0.25, -0.2) is 0 Å². The Hall–Kier alpha value is -2.21. The summed E-state index contributed by atoms with van der Waals surface area (Å²) in [5, 5.41) is 15.0. The number of nitro groups is 1. The van der Waals surface area contributed by atoms with Crippen molar-refractivity contribution in [2.75, 3.05) is 0 Å². The molecular formula is C15H17N3O3. The van der Waals surface area contributed by atoms with Crippen molar-refractivity contribution in [2.45, 2.75) is 38.5 Å². The monoisotopic (exact) mass is 287 g/mol. The summed E-state index contributed by atoms with van der Waals surface area (Å²) in [4.78, 5) is 10.4. The highest BCUT2D eigenvalue weighted by Crippen LogP contribution is 2.35. The molecule has 0 unspecified atom stereocenters. The van der Waals surface area contributed by atoms with Crippen LogP contribution in [-0.2, 0) is 11.3 Å². The summed E-state index contributed by atoms with van der Waals surface area (Å²) in [6.45, 7) is 2.27. The van der Waals surface area contributed by atoms with E-state index in [4.69, 9.17) is 4.74 Å². The lowest BCUT2D eigenvalue weighted by Gasteiger charge is -2.35. The van der Waals surface area contributed by atoms with Crippen molar-refractivity contribution < 1.29 is 9.66 Å². The molecule has 0 amide bonds. The maximum Gasteiger partial charge on any atom is 0.309 e. The minimum absolute atomic E-state index is 0.0867. The van der Waals surface area contributed by atoms with Gasteiger partial charge in [-0.3, -0.25) is 14.8 Å². The zero-order valence-electron chi connectivity index (χ0n) is 11.8. The zero-order chi connectivity index (χ0) is 14.8. The number of hydrogen-bond donors (Lipinski definition) is 0. The highest BCUT2D eigenvalue weighted by atomic mass is 16.6. The molecule has 0 spiro atoms. The molecule has 1 saturated carbocycles. The van der Waals surface area contributed by atoms with Gasteiger partial charge in [-0.15, -0.1) is 0 Å². The first-order chi connectivity index (χ1) is 10.1. The smallest absolute Gasteiger partial charge is 0.309 e. The maximum absolute atomic E-state index is 10.8. The Morgan fingerprint density at radius 2 is 2.10 bits per heavy atom. The van der Waals surface area contributed by atoms with Gasteiger partial charge in [-0.2, -0.15) is 5.10 Å². The van der Waals surface area contributed by atoms with Crippen molar-refractivity contribution >= 4 is 5.69 Å². The standard InChI is InChI=1S/C15H17N3O3/c1-11-15(18(19)20)9-17(16-11)13-7-14(8-13)21-10-12-5-3-2-4-6-12/h2-6,9,13-14H,7-8,10H2,1H3. The predicted octanol–water partition coefficient (Wildman–Crippen LogP) is 3.02. The lowest BCUT2D eigenvalue weighted by atomic mass is 9.89. The van der Waals surface area contributed by atoms with Crippen molar-refractivity contribution in [1.29, 1.82) is 0 Å². The zero-order valence-corrected chi connectivity index (χ0v) is 11.8. The van der Waals surface area contributed by atoms with Crippen molar-refractivity contribution in [3.8, 4) is 0 Å². The maximum atomic E-state index is 10.8. The van der Waals surface area contributed by atoms with E-state index in [1.54, 1.807) is 11.6 Å². The third kappa shape index (κ3) is 2.95. The average Bonchev–Trinajstić information content (AvgIpc) is 2.80. The lowest BCUT2D eigenvalue weighted by Crippen LogP contribution is -2.33. The van der Waals surface area contributed by atoms with Crippen LogP contribution in [0.2, 0.25) is 0 Å². The number of ether oxygens (including phenoxy) is 1. The van der Waals surface area contributed by atoms with Gasteiger partial charge >= 0.3 is 5.69 Å². The number of aromatic nitrogens is 2. The molecule has 1 aromatic heterocycles. The molecule has 0 bridgehead atoms.